The predicted octanol–water partition coefficient (Wildman–Crippen LogP) is 0.508. The molecule has 1 fully saturated rings. The van der Waals surface area contributed by atoms with Crippen LogP contribution in [0.25, 0.3) is 0 Å². The predicted molar refractivity (Wildman–Crippen MR) is 70.2 cm³/mol. The van der Waals surface area contributed by atoms with Gasteiger partial charge in [-0.1, -0.05) is 0 Å². The van der Waals surface area contributed by atoms with Crippen LogP contribution >= 0.6 is 0 Å². The number of hydrogen-bond acceptors (Lipinski definition) is 4. The SMILES string of the molecule is CN(C)S(=O)(=O)c1ccc(N2CC(C)(O)C2)cc1. The van der Waals surface area contributed by atoms with Crippen molar-refractivity contribution >= 4 is 15.7 Å². The molecular weight excluding hydrogens is 252 g/mol. The minimum Gasteiger partial charge on any atom is -0.386 e. The average molecular weight is 270 g/mol. The van der Waals surface area contributed by atoms with E-state index >= 15 is 0 Å². The molecule has 0 saturated carbocycles. The van der Waals surface area contributed by atoms with Gasteiger partial charge in [0.1, 0.15) is 0 Å². The molecule has 2 rings (SSSR count). The van der Waals surface area contributed by atoms with Crippen LogP contribution in [0.1, 0.15) is 6.92 Å². The molecule has 1 N–H and O–H groups in total. The molecule has 100 valence electrons. The second-order valence-corrected chi connectivity index (χ2v) is 7.29. The van der Waals surface area contributed by atoms with Gasteiger partial charge in [-0.2, -0.15) is 0 Å². The lowest BCUT2D eigenvalue weighted by Gasteiger charge is -2.45. The molecular formula is C12H18N2O3S. The molecule has 1 aromatic carbocycles. The molecule has 1 aromatic rings. The topological polar surface area (TPSA) is 60.9 Å². The van der Waals surface area contributed by atoms with E-state index in [0.29, 0.717) is 13.1 Å². The van der Waals surface area contributed by atoms with Crippen molar-refractivity contribution in [3.05, 3.63) is 24.3 Å². The highest BCUT2D eigenvalue weighted by Crippen LogP contribution is 2.28. The third kappa shape index (κ3) is 2.36. The van der Waals surface area contributed by atoms with Crippen LogP contribution in [0.2, 0.25) is 0 Å². The molecule has 1 saturated heterocycles. The Bertz CT molecular complexity index is 527. The molecule has 6 heteroatoms. The van der Waals surface area contributed by atoms with E-state index in [0.717, 1.165) is 5.69 Å². The first-order chi connectivity index (χ1) is 8.22. The number of β-amino-alcohol motifs (C(OH)–C–C–N with tert-alkyl or cyclic N) is 1. The van der Waals surface area contributed by atoms with Gasteiger partial charge >= 0.3 is 0 Å². The van der Waals surface area contributed by atoms with Gasteiger partial charge in [0.2, 0.25) is 10.0 Å². The van der Waals surface area contributed by atoms with Crippen molar-refractivity contribution in [3.63, 3.8) is 0 Å². The summed E-state index contributed by atoms with van der Waals surface area (Å²) in [4.78, 5) is 2.29. The highest BCUT2D eigenvalue weighted by atomic mass is 32.2. The highest BCUT2D eigenvalue weighted by molar-refractivity contribution is 7.89. The molecule has 1 heterocycles. The van der Waals surface area contributed by atoms with Crippen LogP contribution in [-0.2, 0) is 10.0 Å². The van der Waals surface area contributed by atoms with Gasteiger partial charge in [0.05, 0.1) is 10.5 Å². The smallest absolute Gasteiger partial charge is 0.242 e. The number of hydrogen-bond donors (Lipinski definition) is 1. The molecule has 1 aliphatic rings. The van der Waals surface area contributed by atoms with Crippen LogP contribution in [0.5, 0.6) is 0 Å². The van der Waals surface area contributed by atoms with Crippen molar-refractivity contribution < 1.29 is 13.5 Å². The van der Waals surface area contributed by atoms with Crippen LogP contribution in [0.3, 0.4) is 0 Å². The fourth-order valence-electron chi connectivity index (χ4n) is 2.00. The molecule has 1 aliphatic heterocycles. The molecule has 0 amide bonds. The van der Waals surface area contributed by atoms with Crippen LogP contribution in [0, 0.1) is 0 Å². The first-order valence-electron chi connectivity index (χ1n) is 5.72. The van der Waals surface area contributed by atoms with Crippen molar-refractivity contribution in [2.45, 2.75) is 17.4 Å². The fourth-order valence-corrected chi connectivity index (χ4v) is 2.90. The van der Waals surface area contributed by atoms with E-state index in [1.807, 2.05) is 4.90 Å². The number of nitrogens with zero attached hydrogens (tertiary/aromatic N) is 2. The van der Waals surface area contributed by atoms with E-state index in [2.05, 4.69) is 0 Å². The summed E-state index contributed by atoms with van der Waals surface area (Å²) in [6.07, 6.45) is 0. The first-order valence-corrected chi connectivity index (χ1v) is 7.16. The molecule has 0 atom stereocenters. The maximum Gasteiger partial charge on any atom is 0.242 e. The number of benzene rings is 1. The fraction of sp³-hybridized carbons (Fsp3) is 0.500. The number of aliphatic hydroxyl groups is 1. The summed E-state index contributed by atoms with van der Waals surface area (Å²) in [6.45, 7) is 2.94. The maximum atomic E-state index is 11.9. The molecule has 0 spiro atoms. The van der Waals surface area contributed by atoms with Crippen molar-refractivity contribution in [1.82, 2.24) is 4.31 Å². The second-order valence-electron chi connectivity index (χ2n) is 5.13. The van der Waals surface area contributed by atoms with E-state index in [1.54, 1.807) is 31.2 Å². The van der Waals surface area contributed by atoms with Crippen LogP contribution in [0.15, 0.2) is 29.2 Å². The zero-order valence-corrected chi connectivity index (χ0v) is 11.6. The van der Waals surface area contributed by atoms with Gasteiger partial charge in [-0.3, -0.25) is 0 Å². The van der Waals surface area contributed by atoms with E-state index in [1.165, 1.54) is 18.4 Å². The third-order valence-electron chi connectivity index (χ3n) is 3.04. The average Bonchev–Trinajstić information content (AvgIpc) is 2.25. The molecule has 5 nitrogen and oxygen atoms in total. The van der Waals surface area contributed by atoms with Gasteiger partial charge in [-0.15, -0.1) is 0 Å². The molecule has 18 heavy (non-hydrogen) atoms. The highest BCUT2D eigenvalue weighted by Gasteiger charge is 2.36. The Hall–Kier alpha value is -1.11. The van der Waals surface area contributed by atoms with Crippen LogP contribution in [0.4, 0.5) is 5.69 Å². The van der Waals surface area contributed by atoms with Crippen LogP contribution in [-0.4, -0.2) is 50.6 Å². The lowest BCUT2D eigenvalue weighted by atomic mass is 9.96. The summed E-state index contributed by atoms with van der Waals surface area (Å²) < 4.78 is 24.9. The van der Waals surface area contributed by atoms with Gasteiger partial charge in [0.25, 0.3) is 0 Å². The Morgan fingerprint density at radius 1 is 1.22 bits per heavy atom. The van der Waals surface area contributed by atoms with Gasteiger partial charge in [-0.05, 0) is 31.2 Å². The standard InChI is InChI=1S/C12H18N2O3S/c1-12(15)8-14(9-12)10-4-6-11(7-5-10)18(16,17)13(2)3/h4-7,15H,8-9H2,1-3H3. The zero-order valence-electron chi connectivity index (χ0n) is 10.8. The van der Waals surface area contributed by atoms with Crippen molar-refractivity contribution in [1.29, 1.82) is 0 Å². The van der Waals surface area contributed by atoms with Crippen LogP contribution < -0.4 is 4.90 Å². The van der Waals surface area contributed by atoms with Crippen molar-refractivity contribution in [3.8, 4) is 0 Å². The van der Waals surface area contributed by atoms with Gasteiger partial charge in [0, 0.05) is 32.9 Å². The van der Waals surface area contributed by atoms with Gasteiger partial charge < -0.3 is 10.0 Å². The number of sulfonamides is 1. The molecule has 0 aliphatic carbocycles. The monoisotopic (exact) mass is 270 g/mol. The second kappa shape index (κ2) is 4.22. The molecule has 0 bridgehead atoms. The summed E-state index contributed by atoms with van der Waals surface area (Å²) >= 11 is 0. The Labute approximate surface area is 108 Å². The first kappa shape index (κ1) is 13.3. The Kier molecular flexibility index (Phi) is 3.12. The van der Waals surface area contributed by atoms with E-state index in [9.17, 15) is 13.5 Å². The Balaban J connectivity index is 2.17. The van der Waals surface area contributed by atoms with E-state index in [4.69, 9.17) is 0 Å². The lowest BCUT2D eigenvalue weighted by molar-refractivity contribution is 0.0310. The summed E-state index contributed by atoms with van der Waals surface area (Å²) in [5, 5.41) is 9.66. The number of rotatable bonds is 3. The summed E-state index contributed by atoms with van der Waals surface area (Å²) in [5.41, 5.74) is 0.299. The lowest BCUT2D eigenvalue weighted by Crippen LogP contribution is -2.60. The van der Waals surface area contributed by atoms with Crippen molar-refractivity contribution in [2.75, 3.05) is 32.1 Å². The quantitative estimate of drug-likeness (QED) is 0.869. The minimum absolute atomic E-state index is 0.281. The van der Waals surface area contributed by atoms with Gasteiger partial charge in [-0.25, -0.2) is 12.7 Å². The molecule has 0 radical (unpaired) electrons. The number of anilines is 1. The third-order valence-corrected chi connectivity index (χ3v) is 4.87. The molecule has 0 aromatic heterocycles. The van der Waals surface area contributed by atoms with E-state index in [-0.39, 0.29) is 4.90 Å². The summed E-state index contributed by atoms with van der Waals surface area (Å²) in [6, 6.07) is 6.73. The summed E-state index contributed by atoms with van der Waals surface area (Å²) in [7, 11) is -0.346. The molecule has 0 unspecified atom stereocenters. The Morgan fingerprint density at radius 2 is 1.72 bits per heavy atom. The minimum atomic E-state index is -3.37. The Morgan fingerprint density at radius 3 is 2.11 bits per heavy atom. The summed E-state index contributed by atoms with van der Waals surface area (Å²) in [5.74, 6) is 0. The van der Waals surface area contributed by atoms with E-state index < -0.39 is 15.6 Å². The normalized spacial score (nSPS) is 18.8. The van der Waals surface area contributed by atoms with Gasteiger partial charge in [0.15, 0.2) is 0 Å². The zero-order chi connectivity index (χ0) is 13.6. The maximum absolute atomic E-state index is 11.9. The van der Waals surface area contributed by atoms with Crippen molar-refractivity contribution in [2.24, 2.45) is 0 Å². The largest absolute Gasteiger partial charge is 0.386 e.